The maximum absolute atomic E-state index is 2.69. The summed E-state index contributed by atoms with van der Waals surface area (Å²) in [6.45, 7) is 0.163. The fraction of sp³-hybridized carbons (Fsp3) is 0.0625. The van der Waals surface area contributed by atoms with Gasteiger partial charge in [0.05, 0.1) is 0 Å². The van der Waals surface area contributed by atoms with E-state index in [-0.39, 0.29) is 6.85 Å². The molecule has 0 amide bonds. The van der Waals surface area contributed by atoms with Gasteiger partial charge in [0.1, 0.15) is 0 Å². The lowest BCUT2D eigenvalue weighted by atomic mass is 9.42. The zero-order valence-electron chi connectivity index (χ0n) is 18.8. The molecule has 34 heavy (non-hydrogen) atoms. The van der Waals surface area contributed by atoms with E-state index in [2.05, 4.69) is 114 Å². The van der Waals surface area contributed by atoms with Crippen molar-refractivity contribution < 1.29 is 0 Å². The van der Waals surface area contributed by atoms with Crippen LogP contribution in [0.15, 0.2) is 109 Å². The van der Waals surface area contributed by atoms with Gasteiger partial charge in [0.15, 0.2) is 0 Å². The number of rotatable bonds is 0. The van der Waals surface area contributed by atoms with E-state index in [1.54, 1.807) is 0 Å². The number of allylic oxidation sites excluding steroid dienone is 1. The van der Waals surface area contributed by atoms with Crippen LogP contribution in [0.3, 0.4) is 0 Å². The number of nitrogens with zero attached hydrogens (tertiary/aromatic N) is 1. The number of fused-ring (bicyclic) bond motifs is 14. The summed E-state index contributed by atoms with van der Waals surface area (Å²) in [6.07, 6.45) is 2.18. The summed E-state index contributed by atoms with van der Waals surface area (Å²) in [4.78, 5) is 2.69. The molecule has 1 nitrogen and oxygen atoms in total. The van der Waals surface area contributed by atoms with Crippen LogP contribution in [0.1, 0.15) is 23.1 Å². The lowest BCUT2D eigenvalue weighted by Gasteiger charge is -2.47. The van der Waals surface area contributed by atoms with Crippen LogP contribution in [0.4, 0.5) is 5.69 Å². The van der Waals surface area contributed by atoms with Gasteiger partial charge in [0.2, 0.25) is 0 Å². The van der Waals surface area contributed by atoms with Crippen molar-refractivity contribution in [1.29, 1.82) is 0 Å². The molecule has 0 unspecified atom stereocenters. The standard InChI is InChI=1S/C32H22BN/c1-3-11-23-21(9-1)17-19-27-25-13-5-7-15-29(25)33-30-16-8-6-14-26(30)28-20-18-22-10-2-4-12-24(22)32(28)34(33)31(23)27/h1-17,19H,18,20H2. The Bertz CT molecular complexity index is 1680. The van der Waals surface area contributed by atoms with E-state index in [4.69, 9.17) is 0 Å². The van der Waals surface area contributed by atoms with Crippen molar-refractivity contribution in [2.45, 2.75) is 12.8 Å². The van der Waals surface area contributed by atoms with Gasteiger partial charge in [-0.15, -0.1) is 0 Å². The molecular weight excluding hydrogens is 409 g/mol. The van der Waals surface area contributed by atoms with Crippen molar-refractivity contribution >= 4 is 45.5 Å². The highest BCUT2D eigenvalue weighted by Gasteiger charge is 2.44. The Labute approximate surface area is 200 Å². The van der Waals surface area contributed by atoms with Gasteiger partial charge in [-0.3, -0.25) is 0 Å². The highest BCUT2D eigenvalue weighted by Crippen LogP contribution is 2.49. The molecule has 0 bridgehead atoms. The van der Waals surface area contributed by atoms with Crippen LogP contribution in [0.5, 0.6) is 0 Å². The fourth-order valence-electron chi connectivity index (χ4n) is 6.59. The Morgan fingerprint density at radius 3 is 2.09 bits per heavy atom. The molecule has 5 aromatic rings. The van der Waals surface area contributed by atoms with Crippen molar-refractivity contribution in [2.24, 2.45) is 0 Å². The monoisotopic (exact) mass is 431 g/mol. The number of benzene rings is 5. The lowest BCUT2D eigenvalue weighted by molar-refractivity contribution is 0.986. The van der Waals surface area contributed by atoms with Gasteiger partial charge < -0.3 is 4.81 Å². The van der Waals surface area contributed by atoms with E-state index in [1.807, 2.05) is 0 Å². The third kappa shape index (κ3) is 2.30. The van der Waals surface area contributed by atoms with Gasteiger partial charge >= 0.3 is 6.85 Å². The zero-order chi connectivity index (χ0) is 22.2. The molecule has 5 aromatic carbocycles. The van der Waals surface area contributed by atoms with E-state index < -0.39 is 0 Å². The molecule has 0 aromatic heterocycles. The first-order valence-corrected chi connectivity index (χ1v) is 12.2. The number of aryl methyl sites for hydroxylation is 1. The SMILES string of the molecule is c1ccc2c(c1)CCC1=C2N2B(c3ccccc31)c1ccccc1-c1ccc3ccccc3c12. The van der Waals surface area contributed by atoms with Crippen LogP contribution < -0.4 is 15.7 Å². The van der Waals surface area contributed by atoms with Crippen molar-refractivity contribution in [2.75, 3.05) is 4.81 Å². The normalized spacial score (nSPS) is 15.2. The second kappa shape index (κ2) is 6.74. The third-order valence-corrected chi connectivity index (χ3v) is 7.97. The van der Waals surface area contributed by atoms with E-state index in [0.29, 0.717) is 0 Å². The summed E-state index contributed by atoms with van der Waals surface area (Å²) in [7, 11) is 0. The Hall–Kier alpha value is -4.04. The van der Waals surface area contributed by atoms with Crippen LogP contribution in [0.25, 0.3) is 33.2 Å². The van der Waals surface area contributed by atoms with Gasteiger partial charge in [0, 0.05) is 27.9 Å². The van der Waals surface area contributed by atoms with E-state index in [9.17, 15) is 0 Å². The molecule has 0 N–H and O–H groups in total. The summed E-state index contributed by atoms with van der Waals surface area (Å²) >= 11 is 0. The van der Waals surface area contributed by atoms with Crippen LogP contribution in [-0.4, -0.2) is 6.85 Å². The quantitative estimate of drug-likeness (QED) is 0.262. The first kappa shape index (κ1) is 18.4. The summed E-state index contributed by atoms with van der Waals surface area (Å²) in [6, 6.07) is 40.7. The predicted octanol–water partition coefficient (Wildman–Crippen LogP) is 6.26. The molecule has 2 heteroatoms. The van der Waals surface area contributed by atoms with Crippen LogP contribution in [0, 0.1) is 0 Å². The molecule has 0 spiro atoms. The van der Waals surface area contributed by atoms with Gasteiger partial charge in [-0.2, -0.15) is 0 Å². The summed E-state index contributed by atoms with van der Waals surface area (Å²) < 4.78 is 0. The van der Waals surface area contributed by atoms with Gasteiger partial charge in [-0.25, -0.2) is 0 Å². The average Bonchev–Trinajstić information content (AvgIpc) is 2.92. The van der Waals surface area contributed by atoms with Gasteiger partial charge in [0.25, 0.3) is 0 Å². The third-order valence-electron chi connectivity index (χ3n) is 7.97. The molecule has 0 fully saturated rings. The van der Waals surface area contributed by atoms with Crippen molar-refractivity contribution in [3.05, 3.63) is 126 Å². The van der Waals surface area contributed by atoms with Crippen LogP contribution >= 0.6 is 0 Å². The maximum atomic E-state index is 2.69. The molecule has 2 aliphatic heterocycles. The molecular formula is C32H22BN. The van der Waals surface area contributed by atoms with Crippen molar-refractivity contribution in [1.82, 2.24) is 0 Å². The largest absolute Gasteiger partial charge is 0.375 e. The number of hydrogen-bond donors (Lipinski definition) is 0. The minimum absolute atomic E-state index is 0.163. The van der Waals surface area contributed by atoms with Crippen LogP contribution in [-0.2, 0) is 6.42 Å². The minimum Gasteiger partial charge on any atom is -0.375 e. The second-order valence-electron chi connectivity index (χ2n) is 9.61. The summed E-state index contributed by atoms with van der Waals surface area (Å²) in [5.41, 5.74) is 14.0. The minimum atomic E-state index is 0.163. The molecule has 158 valence electrons. The van der Waals surface area contributed by atoms with E-state index in [0.717, 1.165) is 12.8 Å². The second-order valence-corrected chi connectivity index (χ2v) is 9.61. The summed E-state index contributed by atoms with van der Waals surface area (Å²) in [5.74, 6) is 0. The first-order chi connectivity index (χ1) is 16.9. The Morgan fingerprint density at radius 1 is 0.529 bits per heavy atom. The molecule has 0 saturated carbocycles. The molecule has 0 radical (unpaired) electrons. The van der Waals surface area contributed by atoms with Crippen LogP contribution in [0.2, 0.25) is 0 Å². The number of anilines is 1. The fourth-order valence-corrected chi connectivity index (χ4v) is 6.59. The first-order valence-electron chi connectivity index (χ1n) is 12.2. The molecule has 1 aliphatic carbocycles. The summed E-state index contributed by atoms with van der Waals surface area (Å²) in [5, 5.41) is 2.62. The lowest BCUT2D eigenvalue weighted by Crippen LogP contribution is -2.61. The van der Waals surface area contributed by atoms with Crippen molar-refractivity contribution in [3.8, 4) is 11.1 Å². The Balaban J connectivity index is 1.57. The Kier molecular flexibility index (Phi) is 3.65. The number of hydrogen-bond acceptors (Lipinski definition) is 1. The average molecular weight is 431 g/mol. The molecule has 0 saturated heterocycles. The van der Waals surface area contributed by atoms with E-state index in [1.165, 1.54) is 66.5 Å². The molecule has 3 aliphatic rings. The predicted molar refractivity (Wildman–Crippen MR) is 145 cm³/mol. The maximum Gasteiger partial charge on any atom is 0.329 e. The molecule has 2 heterocycles. The van der Waals surface area contributed by atoms with Gasteiger partial charge in [-0.1, -0.05) is 109 Å². The zero-order valence-corrected chi connectivity index (χ0v) is 18.8. The van der Waals surface area contributed by atoms with Gasteiger partial charge in [-0.05, 0) is 51.4 Å². The van der Waals surface area contributed by atoms with Crippen molar-refractivity contribution in [3.63, 3.8) is 0 Å². The molecule has 0 atom stereocenters. The molecule has 8 rings (SSSR count). The topological polar surface area (TPSA) is 3.24 Å². The highest BCUT2D eigenvalue weighted by molar-refractivity contribution is 6.92. The smallest absolute Gasteiger partial charge is 0.329 e. The van der Waals surface area contributed by atoms with E-state index >= 15 is 0 Å². The Morgan fingerprint density at radius 2 is 1.21 bits per heavy atom. The highest BCUT2D eigenvalue weighted by atomic mass is 15.1.